The topological polar surface area (TPSA) is 94.3 Å². The summed E-state index contributed by atoms with van der Waals surface area (Å²) in [7, 11) is -2.35. The van der Waals surface area contributed by atoms with Gasteiger partial charge in [0.05, 0.1) is 12.8 Å². The minimum Gasteiger partial charge on any atom is -0.495 e. The fourth-order valence-corrected chi connectivity index (χ4v) is 4.34. The highest BCUT2D eigenvalue weighted by Gasteiger charge is 2.20. The molecule has 3 aromatic rings. The maximum absolute atomic E-state index is 12.6. The van der Waals surface area contributed by atoms with Crippen LogP contribution in [0.2, 0.25) is 5.02 Å². The summed E-state index contributed by atoms with van der Waals surface area (Å²) in [5, 5.41) is 5.81. The van der Waals surface area contributed by atoms with Crippen LogP contribution in [0, 0.1) is 6.92 Å². The third-order valence-electron chi connectivity index (χ3n) is 3.03. The van der Waals surface area contributed by atoms with Gasteiger partial charge in [-0.2, -0.15) is 4.98 Å². The van der Waals surface area contributed by atoms with E-state index in [1.807, 2.05) is 0 Å². The molecule has 10 heteroatoms. The lowest BCUT2D eigenvalue weighted by Gasteiger charge is -2.11. The molecule has 7 nitrogen and oxygen atoms in total. The Bertz CT molecular complexity index is 982. The van der Waals surface area contributed by atoms with Gasteiger partial charge in [0.1, 0.15) is 9.96 Å². The monoisotopic (exact) mass is 385 g/mol. The Morgan fingerprint density at radius 2 is 2.12 bits per heavy atom. The van der Waals surface area contributed by atoms with E-state index in [4.69, 9.17) is 20.9 Å². The highest BCUT2D eigenvalue weighted by atomic mass is 35.5. The second-order valence-electron chi connectivity index (χ2n) is 4.74. The molecule has 0 aliphatic heterocycles. The number of sulfonamides is 1. The molecule has 0 bridgehead atoms. The normalized spacial score (nSPS) is 11.5. The van der Waals surface area contributed by atoms with Gasteiger partial charge in [-0.15, -0.1) is 11.3 Å². The average Bonchev–Trinajstić information content (AvgIpc) is 3.16. The average molecular weight is 386 g/mol. The van der Waals surface area contributed by atoms with Crippen molar-refractivity contribution >= 4 is 38.6 Å². The third-order valence-corrected chi connectivity index (χ3v) is 6.07. The number of benzene rings is 1. The Hall–Kier alpha value is -2.10. The molecule has 0 atom stereocenters. The zero-order valence-corrected chi connectivity index (χ0v) is 15.0. The first kappa shape index (κ1) is 16.7. The van der Waals surface area contributed by atoms with Gasteiger partial charge >= 0.3 is 0 Å². The van der Waals surface area contributed by atoms with E-state index in [-0.39, 0.29) is 9.90 Å². The van der Waals surface area contributed by atoms with Gasteiger partial charge in [-0.3, -0.25) is 4.72 Å². The number of nitrogens with one attached hydrogen (secondary N) is 1. The Kier molecular flexibility index (Phi) is 4.48. The number of hydrogen-bond donors (Lipinski definition) is 1. The summed E-state index contributed by atoms with van der Waals surface area (Å²) in [6, 6.07) is 6.16. The van der Waals surface area contributed by atoms with Crippen LogP contribution < -0.4 is 9.46 Å². The van der Waals surface area contributed by atoms with Crippen LogP contribution in [0.15, 0.2) is 38.4 Å². The molecule has 0 unspecified atom stereocenters. The lowest BCUT2D eigenvalue weighted by atomic mass is 10.3. The molecule has 3 rings (SSSR count). The smallest absolute Gasteiger partial charge is 0.271 e. The van der Waals surface area contributed by atoms with E-state index < -0.39 is 10.0 Å². The van der Waals surface area contributed by atoms with Crippen molar-refractivity contribution in [1.82, 2.24) is 10.1 Å². The predicted molar refractivity (Wildman–Crippen MR) is 91.2 cm³/mol. The van der Waals surface area contributed by atoms with Gasteiger partial charge in [0.25, 0.3) is 10.0 Å². The number of ether oxygens (including phenoxy) is 1. The van der Waals surface area contributed by atoms with Crippen molar-refractivity contribution in [2.45, 2.75) is 11.1 Å². The highest BCUT2D eigenvalue weighted by molar-refractivity contribution is 7.94. The number of rotatable bonds is 5. The second-order valence-corrected chi connectivity index (χ2v) is 8.00. The highest BCUT2D eigenvalue weighted by Crippen LogP contribution is 2.32. The van der Waals surface area contributed by atoms with Crippen LogP contribution in [-0.4, -0.2) is 25.7 Å². The summed E-state index contributed by atoms with van der Waals surface area (Å²) >= 11 is 6.97. The first-order valence-electron chi connectivity index (χ1n) is 6.64. The van der Waals surface area contributed by atoms with Crippen molar-refractivity contribution < 1.29 is 17.7 Å². The molecular weight excluding hydrogens is 374 g/mol. The maximum atomic E-state index is 12.6. The number of aryl methyl sites for hydroxylation is 1. The van der Waals surface area contributed by atoms with Gasteiger partial charge in [0, 0.05) is 22.9 Å². The lowest BCUT2D eigenvalue weighted by molar-refractivity contribution is 0.394. The molecule has 0 radical (unpaired) electrons. The molecular formula is C14H12ClN3O4S2. The van der Waals surface area contributed by atoms with E-state index in [1.54, 1.807) is 24.4 Å². The molecule has 0 saturated carbocycles. The summed E-state index contributed by atoms with van der Waals surface area (Å²) in [6.07, 6.45) is 0. The molecule has 2 heterocycles. The number of aromatic nitrogens is 2. The number of nitrogens with zero attached hydrogens (tertiary/aromatic N) is 2. The minimum absolute atomic E-state index is 0.113. The fourth-order valence-electron chi connectivity index (χ4n) is 1.95. The lowest BCUT2D eigenvalue weighted by Crippen LogP contribution is -2.12. The number of thiophene rings is 1. The van der Waals surface area contributed by atoms with Crippen molar-refractivity contribution in [2.24, 2.45) is 0 Å². The van der Waals surface area contributed by atoms with Gasteiger partial charge in [-0.25, -0.2) is 8.42 Å². The molecule has 0 aliphatic carbocycles. The summed E-state index contributed by atoms with van der Waals surface area (Å²) < 4.78 is 37.8. The molecule has 1 N–H and O–H groups in total. The zero-order chi connectivity index (χ0) is 17.3. The van der Waals surface area contributed by atoms with Crippen molar-refractivity contribution in [1.29, 1.82) is 0 Å². The molecule has 0 spiro atoms. The Labute approximate surface area is 147 Å². The van der Waals surface area contributed by atoms with E-state index in [2.05, 4.69) is 14.9 Å². The molecule has 0 amide bonds. The van der Waals surface area contributed by atoms with E-state index in [9.17, 15) is 8.42 Å². The number of anilines is 1. The minimum atomic E-state index is -3.80. The van der Waals surface area contributed by atoms with Crippen LogP contribution in [0.3, 0.4) is 0 Å². The first-order valence-corrected chi connectivity index (χ1v) is 9.39. The van der Waals surface area contributed by atoms with E-state index in [0.29, 0.717) is 28.1 Å². The predicted octanol–water partition coefficient (Wildman–Crippen LogP) is 3.57. The van der Waals surface area contributed by atoms with Crippen molar-refractivity contribution in [3.63, 3.8) is 0 Å². The SMILES string of the molecule is COc1ccc(Cl)cc1NS(=O)(=O)c1cc(-c2noc(C)n2)cs1. The van der Waals surface area contributed by atoms with Crippen molar-refractivity contribution in [3.8, 4) is 17.1 Å². The third kappa shape index (κ3) is 3.37. The number of halogens is 1. The summed E-state index contributed by atoms with van der Waals surface area (Å²) in [6.45, 7) is 1.66. The molecule has 1 aromatic carbocycles. The van der Waals surface area contributed by atoms with Gasteiger partial charge in [-0.1, -0.05) is 16.8 Å². The summed E-state index contributed by atoms with van der Waals surface area (Å²) in [5.41, 5.74) is 0.825. The van der Waals surface area contributed by atoms with Crippen LogP contribution in [0.25, 0.3) is 11.4 Å². The largest absolute Gasteiger partial charge is 0.495 e. The van der Waals surface area contributed by atoms with Crippen LogP contribution in [0.5, 0.6) is 5.75 Å². The second kappa shape index (κ2) is 6.42. The Balaban J connectivity index is 1.92. The summed E-state index contributed by atoms with van der Waals surface area (Å²) in [5.74, 6) is 1.11. The standard InChI is InChI=1S/C14H12ClN3O4S2/c1-8-16-14(17-22-8)9-5-13(23-7-9)24(19,20)18-11-6-10(15)3-4-12(11)21-2/h3-7,18H,1-2H3. The van der Waals surface area contributed by atoms with E-state index in [0.717, 1.165) is 11.3 Å². The molecule has 0 fully saturated rings. The first-order chi connectivity index (χ1) is 11.4. The molecule has 0 saturated heterocycles. The van der Waals surface area contributed by atoms with Crippen molar-refractivity contribution in [3.05, 3.63) is 40.6 Å². The van der Waals surface area contributed by atoms with E-state index in [1.165, 1.54) is 19.2 Å². The molecule has 0 aliphatic rings. The number of methoxy groups -OCH3 is 1. The van der Waals surface area contributed by atoms with Crippen LogP contribution >= 0.6 is 22.9 Å². The zero-order valence-electron chi connectivity index (χ0n) is 12.6. The fraction of sp³-hybridized carbons (Fsp3) is 0.143. The quantitative estimate of drug-likeness (QED) is 0.721. The molecule has 126 valence electrons. The van der Waals surface area contributed by atoms with Crippen LogP contribution in [0.1, 0.15) is 5.89 Å². The van der Waals surface area contributed by atoms with Crippen LogP contribution in [0.4, 0.5) is 5.69 Å². The van der Waals surface area contributed by atoms with Gasteiger partial charge in [-0.05, 0) is 24.3 Å². The number of hydrogen-bond acceptors (Lipinski definition) is 7. The Morgan fingerprint density at radius 1 is 1.33 bits per heavy atom. The molecule has 24 heavy (non-hydrogen) atoms. The van der Waals surface area contributed by atoms with E-state index >= 15 is 0 Å². The van der Waals surface area contributed by atoms with Gasteiger partial charge < -0.3 is 9.26 Å². The summed E-state index contributed by atoms with van der Waals surface area (Å²) in [4.78, 5) is 4.08. The van der Waals surface area contributed by atoms with Crippen molar-refractivity contribution in [2.75, 3.05) is 11.8 Å². The molecule has 2 aromatic heterocycles. The van der Waals surface area contributed by atoms with Crippen LogP contribution in [-0.2, 0) is 10.0 Å². The maximum Gasteiger partial charge on any atom is 0.271 e. The van der Waals surface area contributed by atoms with Gasteiger partial charge in [0.15, 0.2) is 0 Å². The Morgan fingerprint density at radius 3 is 2.79 bits per heavy atom. The van der Waals surface area contributed by atoms with Gasteiger partial charge in [0.2, 0.25) is 11.7 Å².